The number of nitrogens with zero attached hydrogens (tertiary/aromatic N) is 2. The van der Waals surface area contributed by atoms with Crippen LogP contribution in [-0.4, -0.2) is 54.5 Å². The Kier molecular flexibility index (Phi) is 8.98. The second-order valence-electron chi connectivity index (χ2n) is 7.31. The number of guanidine groups is 1. The summed E-state index contributed by atoms with van der Waals surface area (Å²) < 4.78 is 0. The highest BCUT2D eigenvalue weighted by molar-refractivity contribution is 7.99. The fraction of sp³-hybridized carbons (Fsp3) is 0.619. The van der Waals surface area contributed by atoms with Crippen molar-refractivity contribution >= 4 is 23.6 Å². The second-order valence-corrected chi connectivity index (χ2v) is 8.89. The van der Waals surface area contributed by atoms with E-state index < -0.39 is 0 Å². The van der Waals surface area contributed by atoms with E-state index in [4.69, 9.17) is 0 Å². The first-order valence-corrected chi connectivity index (χ1v) is 11.0. The molecule has 0 bridgehead atoms. The molecular weight excluding hydrogens is 356 g/mol. The molecule has 6 heteroatoms. The van der Waals surface area contributed by atoms with Gasteiger partial charge >= 0.3 is 0 Å². The lowest BCUT2D eigenvalue weighted by Gasteiger charge is -2.31. The molecule has 3 unspecified atom stereocenters. The third-order valence-corrected chi connectivity index (χ3v) is 6.13. The van der Waals surface area contributed by atoms with Gasteiger partial charge in [-0.15, -0.1) is 0 Å². The lowest BCUT2D eigenvalue weighted by molar-refractivity contribution is -0.127. The van der Waals surface area contributed by atoms with Gasteiger partial charge in [0.05, 0.1) is 6.04 Å². The summed E-state index contributed by atoms with van der Waals surface area (Å²) in [5, 5.41) is 7.80. The van der Waals surface area contributed by atoms with Gasteiger partial charge in [-0.2, -0.15) is 11.8 Å². The first-order valence-electron chi connectivity index (χ1n) is 9.93. The van der Waals surface area contributed by atoms with E-state index in [1.807, 2.05) is 18.2 Å². The Bertz CT molecular complexity index is 603. The predicted octanol–water partition coefficient (Wildman–Crippen LogP) is 3.44. The lowest BCUT2D eigenvalue weighted by atomic mass is 9.95. The number of rotatable bonds is 7. The van der Waals surface area contributed by atoms with E-state index >= 15 is 0 Å². The van der Waals surface area contributed by atoms with Crippen molar-refractivity contribution in [1.82, 2.24) is 15.5 Å². The standard InChI is InChI=1S/C21H34N4OS/c1-5-27-19-13-9-12-18(14-19)24-21(22-15-20(26)25(3)4)23-16(2)17-10-7-6-8-11-17/h6-8,10-11,16,18-19H,5,9,12-15H2,1-4H3,(H2,22,23,24). The summed E-state index contributed by atoms with van der Waals surface area (Å²) in [4.78, 5) is 18.1. The smallest absolute Gasteiger partial charge is 0.243 e. The maximum absolute atomic E-state index is 12.0. The summed E-state index contributed by atoms with van der Waals surface area (Å²) in [6.45, 7) is 4.51. The topological polar surface area (TPSA) is 56.7 Å². The Labute approximate surface area is 168 Å². The zero-order chi connectivity index (χ0) is 19.6. The van der Waals surface area contributed by atoms with Crippen LogP contribution in [0.2, 0.25) is 0 Å². The minimum absolute atomic E-state index is 0.00604. The minimum Gasteiger partial charge on any atom is -0.354 e. The molecule has 0 radical (unpaired) electrons. The zero-order valence-corrected chi connectivity index (χ0v) is 17.9. The molecule has 0 heterocycles. The van der Waals surface area contributed by atoms with E-state index in [-0.39, 0.29) is 18.5 Å². The van der Waals surface area contributed by atoms with Gasteiger partial charge in [0.1, 0.15) is 6.54 Å². The van der Waals surface area contributed by atoms with Crippen LogP contribution in [0.15, 0.2) is 35.3 Å². The Morgan fingerprint density at radius 2 is 2.04 bits per heavy atom. The number of nitrogens with one attached hydrogen (secondary N) is 2. The SMILES string of the molecule is CCSC1CCCC(NC(=NCC(=O)N(C)C)NC(C)c2ccccc2)C1. The molecule has 3 atom stereocenters. The zero-order valence-electron chi connectivity index (χ0n) is 17.1. The van der Waals surface area contributed by atoms with Crippen LogP contribution in [0.25, 0.3) is 0 Å². The molecule has 0 saturated heterocycles. The number of amides is 1. The Balaban J connectivity index is 2.04. The van der Waals surface area contributed by atoms with Crippen molar-refractivity contribution in [1.29, 1.82) is 0 Å². The van der Waals surface area contributed by atoms with Crippen LogP contribution in [0.3, 0.4) is 0 Å². The number of likely N-dealkylation sites (N-methyl/N-ethyl adjacent to an activating group) is 1. The van der Waals surface area contributed by atoms with Crippen molar-refractivity contribution in [3.05, 3.63) is 35.9 Å². The molecular formula is C21H34N4OS. The van der Waals surface area contributed by atoms with Crippen LogP contribution in [0.4, 0.5) is 0 Å². The first kappa shape index (κ1) is 21.6. The van der Waals surface area contributed by atoms with E-state index in [1.54, 1.807) is 19.0 Å². The molecule has 2 rings (SSSR count). The number of hydrogen-bond acceptors (Lipinski definition) is 3. The molecule has 1 fully saturated rings. The van der Waals surface area contributed by atoms with Crippen molar-refractivity contribution in [3.8, 4) is 0 Å². The molecule has 0 aromatic heterocycles. The number of thioether (sulfide) groups is 1. The Morgan fingerprint density at radius 1 is 1.30 bits per heavy atom. The first-order chi connectivity index (χ1) is 13.0. The molecule has 1 aliphatic carbocycles. The Hall–Kier alpha value is -1.69. The summed E-state index contributed by atoms with van der Waals surface area (Å²) in [6.07, 6.45) is 4.85. The van der Waals surface area contributed by atoms with Gasteiger partial charge in [0, 0.05) is 25.4 Å². The normalized spacial score (nSPS) is 21.4. The summed E-state index contributed by atoms with van der Waals surface area (Å²) in [7, 11) is 3.53. The molecule has 1 aromatic rings. The third-order valence-electron chi connectivity index (χ3n) is 4.89. The summed E-state index contributed by atoms with van der Waals surface area (Å²) >= 11 is 2.05. The van der Waals surface area contributed by atoms with Crippen LogP contribution in [0, 0.1) is 0 Å². The highest BCUT2D eigenvalue weighted by Crippen LogP contribution is 2.28. The maximum Gasteiger partial charge on any atom is 0.243 e. The average Bonchev–Trinajstić information content (AvgIpc) is 2.67. The summed E-state index contributed by atoms with van der Waals surface area (Å²) in [6, 6.07) is 10.8. The fourth-order valence-corrected chi connectivity index (χ4v) is 4.48. The van der Waals surface area contributed by atoms with Gasteiger partial charge in [0.25, 0.3) is 0 Å². The number of hydrogen-bond donors (Lipinski definition) is 2. The largest absolute Gasteiger partial charge is 0.354 e. The molecule has 1 saturated carbocycles. The van der Waals surface area contributed by atoms with Crippen LogP contribution < -0.4 is 10.6 Å². The number of aliphatic imine (C=N–C) groups is 1. The quantitative estimate of drug-likeness (QED) is 0.553. The predicted molar refractivity (Wildman–Crippen MR) is 116 cm³/mol. The van der Waals surface area contributed by atoms with Crippen LogP contribution >= 0.6 is 11.8 Å². The van der Waals surface area contributed by atoms with Gasteiger partial charge in [-0.3, -0.25) is 4.79 Å². The molecule has 27 heavy (non-hydrogen) atoms. The van der Waals surface area contributed by atoms with Gasteiger partial charge in [-0.05, 0) is 37.5 Å². The van der Waals surface area contributed by atoms with Gasteiger partial charge < -0.3 is 15.5 Å². The Morgan fingerprint density at radius 3 is 2.70 bits per heavy atom. The van der Waals surface area contributed by atoms with Crippen molar-refractivity contribution in [2.75, 3.05) is 26.4 Å². The van der Waals surface area contributed by atoms with E-state index in [1.165, 1.54) is 24.2 Å². The highest BCUT2D eigenvalue weighted by Gasteiger charge is 2.23. The number of benzene rings is 1. The average molecular weight is 391 g/mol. The van der Waals surface area contributed by atoms with Crippen LogP contribution in [-0.2, 0) is 4.79 Å². The van der Waals surface area contributed by atoms with E-state index in [0.717, 1.165) is 24.1 Å². The van der Waals surface area contributed by atoms with Crippen molar-refractivity contribution in [3.63, 3.8) is 0 Å². The van der Waals surface area contributed by atoms with E-state index in [0.29, 0.717) is 6.04 Å². The van der Waals surface area contributed by atoms with E-state index in [9.17, 15) is 4.79 Å². The monoisotopic (exact) mass is 390 g/mol. The van der Waals surface area contributed by atoms with Crippen molar-refractivity contribution in [2.45, 2.75) is 56.9 Å². The van der Waals surface area contributed by atoms with Gasteiger partial charge in [0.2, 0.25) is 5.91 Å². The van der Waals surface area contributed by atoms with E-state index in [2.05, 4.69) is 53.4 Å². The van der Waals surface area contributed by atoms with Crippen molar-refractivity contribution in [2.24, 2.45) is 4.99 Å². The molecule has 1 amide bonds. The number of carbonyl (C=O) groups is 1. The van der Waals surface area contributed by atoms with Gasteiger partial charge in [-0.1, -0.05) is 43.7 Å². The molecule has 150 valence electrons. The van der Waals surface area contributed by atoms with Crippen molar-refractivity contribution < 1.29 is 4.79 Å². The molecule has 0 aliphatic heterocycles. The van der Waals surface area contributed by atoms with Crippen LogP contribution in [0.1, 0.15) is 51.1 Å². The lowest BCUT2D eigenvalue weighted by Crippen LogP contribution is -2.47. The molecule has 2 N–H and O–H groups in total. The maximum atomic E-state index is 12.0. The molecule has 1 aliphatic rings. The molecule has 0 spiro atoms. The molecule has 1 aromatic carbocycles. The number of carbonyl (C=O) groups excluding carboxylic acids is 1. The summed E-state index contributed by atoms with van der Waals surface area (Å²) in [5.74, 6) is 1.90. The second kappa shape index (κ2) is 11.2. The molecule has 5 nitrogen and oxygen atoms in total. The third kappa shape index (κ3) is 7.45. The van der Waals surface area contributed by atoms with Crippen LogP contribution in [0.5, 0.6) is 0 Å². The van der Waals surface area contributed by atoms with Gasteiger partial charge in [0.15, 0.2) is 5.96 Å². The summed E-state index contributed by atoms with van der Waals surface area (Å²) in [5.41, 5.74) is 1.20. The van der Waals surface area contributed by atoms with Gasteiger partial charge in [-0.25, -0.2) is 4.99 Å². The minimum atomic E-state index is 0.00604. The highest BCUT2D eigenvalue weighted by atomic mass is 32.2. The fourth-order valence-electron chi connectivity index (χ4n) is 3.31.